The van der Waals surface area contributed by atoms with Crippen LogP contribution < -0.4 is 0 Å². The number of carbonyl (C=O) groups is 3. The van der Waals surface area contributed by atoms with E-state index in [1.807, 2.05) is 21.1 Å². The average molecular weight is 1230 g/mol. The Balaban J connectivity index is 4.36. The van der Waals surface area contributed by atoms with Crippen molar-refractivity contribution in [2.45, 2.75) is 219 Å². The number of allylic oxidation sites excluding steroid dienone is 36. The summed E-state index contributed by atoms with van der Waals surface area (Å²) in [5, 5.41) is 9.74. The molecule has 9 nitrogen and oxygen atoms in total. The standard InChI is InChI=1S/C80H121NO8/c1-6-8-10-12-14-16-18-20-22-24-26-28-30-32-34-36-38-39-41-43-45-47-49-51-53-55-57-59-61-63-65-67-69-71-78(83)89-76(75-88-80(79(84)85)86-73-72-81(3,4)5)74-87-77(82)70-68-66-64-62-60-58-56-54-52-50-48-46-44-42-40-37-35-33-31-29-27-25-23-21-19-17-15-13-11-9-7-2/h8-11,14-17,20-23,26-29,32-35,38-40,42-43,45-46,48-49,51-52,54-55,57-58,60,76,80H,6-7,12-13,18-19,24-25,30-31,36-37,41,44,47,50,53,56,59,61-75H2,1-5H3/p+1/b10-8-,11-9-,16-14-,17-15-,22-20-,23-21-,28-26-,29-27-,34-32-,35-33-,39-38-,42-40-,45-43-,48-46-,51-49-,54-52-,57-55-,60-58-. The third kappa shape index (κ3) is 69.0. The van der Waals surface area contributed by atoms with Gasteiger partial charge in [-0.1, -0.05) is 258 Å². The van der Waals surface area contributed by atoms with Gasteiger partial charge in [0.15, 0.2) is 6.10 Å². The number of unbranched alkanes of at least 4 members (excludes halogenated alkanes) is 8. The summed E-state index contributed by atoms with van der Waals surface area (Å²) >= 11 is 0. The van der Waals surface area contributed by atoms with Gasteiger partial charge in [-0.2, -0.15) is 0 Å². The van der Waals surface area contributed by atoms with E-state index >= 15 is 0 Å². The lowest BCUT2D eigenvalue weighted by Gasteiger charge is -2.25. The normalized spacial score (nSPS) is 14.1. The topological polar surface area (TPSA) is 108 Å². The third-order valence-electron chi connectivity index (χ3n) is 13.2. The predicted molar refractivity (Wildman–Crippen MR) is 381 cm³/mol. The van der Waals surface area contributed by atoms with Crippen LogP contribution in [0.15, 0.2) is 219 Å². The van der Waals surface area contributed by atoms with E-state index in [4.69, 9.17) is 18.9 Å². The molecule has 89 heavy (non-hydrogen) atoms. The number of esters is 2. The first-order valence-corrected chi connectivity index (χ1v) is 33.9. The number of quaternary nitrogens is 1. The zero-order valence-corrected chi connectivity index (χ0v) is 56.2. The summed E-state index contributed by atoms with van der Waals surface area (Å²) in [5.74, 6) is -2.11. The van der Waals surface area contributed by atoms with Gasteiger partial charge in [0.1, 0.15) is 13.2 Å². The molecule has 9 heteroatoms. The molecule has 0 aliphatic carbocycles. The van der Waals surface area contributed by atoms with Crippen molar-refractivity contribution in [2.75, 3.05) is 47.5 Å². The number of carboxylic acid groups (broad SMARTS) is 1. The molecule has 1 N–H and O–H groups in total. The van der Waals surface area contributed by atoms with Crippen LogP contribution in [0.5, 0.6) is 0 Å². The molecule has 0 fully saturated rings. The van der Waals surface area contributed by atoms with Crippen molar-refractivity contribution < 1.29 is 42.9 Å². The number of ether oxygens (including phenoxy) is 4. The van der Waals surface area contributed by atoms with Crippen molar-refractivity contribution in [2.24, 2.45) is 0 Å². The number of carboxylic acids is 1. The fraction of sp³-hybridized carbons (Fsp3) is 0.512. The smallest absolute Gasteiger partial charge is 0.361 e. The fourth-order valence-electron chi connectivity index (χ4n) is 8.11. The summed E-state index contributed by atoms with van der Waals surface area (Å²) < 4.78 is 22.9. The van der Waals surface area contributed by atoms with Crippen LogP contribution in [0.4, 0.5) is 0 Å². The first-order valence-electron chi connectivity index (χ1n) is 33.9. The number of carbonyl (C=O) groups excluding carboxylic acids is 2. The van der Waals surface area contributed by atoms with E-state index in [0.717, 1.165) is 167 Å². The number of likely N-dealkylation sites (N-methyl/N-ethyl adjacent to an activating group) is 1. The zero-order valence-electron chi connectivity index (χ0n) is 56.2. The van der Waals surface area contributed by atoms with E-state index < -0.39 is 30.3 Å². The quantitative estimate of drug-likeness (QED) is 0.0211. The van der Waals surface area contributed by atoms with Gasteiger partial charge in [0, 0.05) is 12.8 Å². The van der Waals surface area contributed by atoms with Gasteiger partial charge in [-0.25, -0.2) is 4.79 Å². The number of hydrogen-bond donors (Lipinski definition) is 1. The average Bonchev–Trinajstić information content (AvgIpc) is 3.64. The molecule has 0 rings (SSSR count). The van der Waals surface area contributed by atoms with Gasteiger partial charge in [0.25, 0.3) is 6.29 Å². The van der Waals surface area contributed by atoms with Crippen LogP contribution in [0.1, 0.15) is 206 Å². The van der Waals surface area contributed by atoms with E-state index in [0.29, 0.717) is 23.9 Å². The van der Waals surface area contributed by atoms with Crippen molar-refractivity contribution in [1.29, 1.82) is 0 Å². The van der Waals surface area contributed by atoms with Crippen LogP contribution in [0, 0.1) is 0 Å². The molecule has 0 radical (unpaired) electrons. The highest BCUT2D eigenvalue weighted by Crippen LogP contribution is 2.12. The zero-order chi connectivity index (χ0) is 64.7. The number of aliphatic carboxylic acids is 1. The van der Waals surface area contributed by atoms with Gasteiger partial charge in [-0.05, 0) is 154 Å². The Labute approximate surface area is 543 Å². The molecule has 0 bridgehead atoms. The summed E-state index contributed by atoms with van der Waals surface area (Å²) in [5.41, 5.74) is 0. The second kappa shape index (κ2) is 67.5. The minimum atomic E-state index is -1.54. The highest BCUT2D eigenvalue weighted by atomic mass is 16.7. The minimum absolute atomic E-state index is 0.164. The van der Waals surface area contributed by atoms with E-state index in [1.54, 1.807) is 0 Å². The molecule has 0 saturated heterocycles. The highest BCUT2D eigenvalue weighted by molar-refractivity contribution is 5.71. The first-order chi connectivity index (χ1) is 43.6. The molecular weight excluding hydrogens is 1100 g/mol. The van der Waals surface area contributed by atoms with Crippen molar-refractivity contribution in [1.82, 2.24) is 0 Å². The SMILES string of the molecule is CC/C=C\C/C=C\C/C=C\C/C=C\C/C=C\C/C=C\C/C=C\C/C=C\C/C=C\CCCCCCCC(=O)OC(COC(=O)CCCCC/C=C\C/C=C\C/C=C\C/C=C\C/C=C\C/C=C\C/C=C\C/C=C\C/C=C\CC)COC(OCC[N+](C)(C)C)C(=O)O. The van der Waals surface area contributed by atoms with Crippen LogP contribution >= 0.6 is 0 Å². The predicted octanol–water partition coefficient (Wildman–Crippen LogP) is 21.3. The molecule has 0 spiro atoms. The van der Waals surface area contributed by atoms with Gasteiger partial charge in [0.2, 0.25) is 0 Å². The lowest BCUT2D eigenvalue weighted by molar-refractivity contribution is -0.870. The van der Waals surface area contributed by atoms with Gasteiger partial charge < -0.3 is 28.5 Å². The molecule has 0 aromatic carbocycles. The third-order valence-corrected chi connectivity index (χ3v) is 13.2. The maximum Gasteiger partial charge on any atom is 0.361 e. The Hall–Kier alpha value is -6.39. The monoisotopic (exact) mass is 1220 g/mol. The summed E-state index contributed by atoms with van der Waals surface area (Å²) in [4.78, 5) is 37.6. The molecule has 0 heterocycles. The van der Waals surface area contributed by atoms with Gasteiger partial charge >= 0.3 is 17.9 Å². The summed E-state index contributed by atoms with van der Waals surface area (Å²) in [6.45, 7) is 4.54. The molecule has 2 unspecified atom stereocenters. The Morgan fingerprint density at radius 3 is 0.910 bits per heavy atom. The molecule has 2 atom stereocenters. The molecular formula is C80H122NO8+. The van der Waals surface area contributed by atoms with Crippen LogP contribution in [-0.2, 0) is 33.3 Å². The first kappa shape index (κ1) is 82.6. The lowest BCUT2D eigenvalue weighted by atomic mass is 10.1. The Morgan fingerprint density at radius 1 is 0.337 bits per heavy atom. The van der Waals surface area contributed by atoms with Gasteiger partial charge in [0.05, 0.1) is 34.4 Å². The van der Waals surface area contributed by atoms with Crippen LogP contribution in [0.2, 0.25) is 0 Å². The molecule has 0 aromatic heterocycles. The van der Waals surface area contributed by atoms with E-state index in [9.17, 15) is 19.5 Å². The minimum Gasteiger partial charge on any atom is -0.477 e. The largest absolute Gasteiger partial charge is 0.477 e. The molecule has 0 aliphatic rings. The summed E-state index contributed by atoms with van der Waals surface area (Å²) in [6, 6.07) is 0. The maximum atomic E-state index is 12.9. The van der Waals surface area contributed by atoms with Crippen molar-refractivity contribution >= 4 is 17.9 Å². The van der Waals surface area contributed by atoms with Crippen molar-refractivity contribution in [3.05, 3.63) is 219 Å². The van der Waals surface area contributed by atoms with E-state index in [1.165, 1.54) is 0 Å². The van der Waals surface area contributed by atoms with E-state index in [-0.39, 0.29) is 32.7 Å². The van der Waals surface area contributed by atoms with Crippen LogP contribution in [0.25, 0.3) is 0 Å². The maximum absolute atomic E-state index is 12.9. The molecule has 0 saturated carbocycles. The van der Waals surface area contributed by atoms with E-state index in [2.05, 4.69) is 233 Å². The number of hydrogen-bond acceptors (Lipinski definition) is 7. The Kier molecular flexibility index (Phi) is 62.7. The summed E-state index contributed by atoms with van der Waals surface area (Å²) in [6.07, 6.45) is 105. The number of rotatable bonds is 59. The molecule has 494 valence electrons. The van der Waals surface area contributed by atoms with Crippen molar-refractivity contribution in [3.63, 3.8) is 0 Å². The fourth-order valence-corrected chi connectivity index (χ4v) is 8.11. The van der Waals surface area contributed by atoms with Gasteiger partial charge in [-0.3, -0.25) is 9.59 Å². The summed E-state index contributed by atoms with van der Waals surface area (Å²) in [7, 11) is 5.94. The molecule has 0 amide bonds. The lowest BCUT2D eigenvalue weighted by Crippen LogP contribution is -2.40. The van der Waals surface area contributed by atoms with Gasteiger partial charge in [-0.15, -0.1) is 0 Å². The Bertz CT molecular complexity index is 2260. The number of nitrogens with zero attached hydrogens (tertiary/aromatic N) is 1. The van der Waals surface area contributed by atoms with Crippen LogP contribution in [-0.4, -0.2) is 87.4 Å². The molecule has 0 aromatic rings. The van der Waals surface area contributed by atoms with Crippen LogP contribution in [0.3, 0.4) is 0 Å². The second-order valence-electron chi connectivity index (χ2n) is 22.7. The van der Waals surface area contributed by atoms with Crippen molar-refractivity contribution in [3.8, 4) is 0 Å². The Morgan fingerprint density at radius 2 is 0.607 bits per heavy atom. The second-order valence-corrected chi connectivity index (χ2v) is 22.7. The molecule has 0 aliphatic heterocycles. The highest BCUT2D eigenvalue weighted by Gasteiger charge is 2.25.